The first-order chi connectivity index (χ1) is 20.2. The van der Waals surface area contributed by atoms with Crippen molar-refractivity contribution in [3.8, 4) is 5.75 Å². The molecule has 4 nitrogen and oxygen atoms in total. The lowest BCUT2D eigenvalue weighted by molar-refractivity contribution is -0.232. The van der Waals surface area contributed by atoms with Crippen molar-refractivity contribution >= 4 is 17.8 Å². The Labute approximate surface area is 260 Å². The Morgan fingerprint density at radius 2 is 1.63 bits per heavy atom. The highest BCUT2D eigenvalue weighted by Gasteiger charge is 2.72. The van der Waals surface area contributed by atoms with Crippen LogP contribution in [0.3, 0.4) is 0 Å². The van der Waals surface area contributed by atoms with E-state index in [1.807, 2.05) is 18.2 Å². The quantitative estimate of drug-likeness (QED) is 0.201. The van der Waals surface area contributed by atoms with Crippen molar-refractivity contribution < 1.29 is 19.1 Å². The molecule has 0 bridgehead atoms. The number of rotatable bonds is 4. The van der Waals surface area contributed by atoms with Crippen molar-refractivity contribution in [2.45, 2.75) is 99.3 Å². The van der Waals surface area contributed by atoms with Crippen LogP contribution >= 0.6 is 0 Å². The average molecular weight is 587 g/mol. The summed E-state index contributed by atoms with van der Waals surface area (Å²) in [7, 11) is 3.29. The van der Waals surface area contributed by atoms with Gasteiger partial charge in [-0.2, -0.15) is 0 Å². The van der Waals surface area contributed by atoms with Gasteiger partial charge in [-0.3, -0.25) is 9.59 Å². The molecule has 6 rings (SSSR count). The molecule has 0 heterocycles. The molecule has 9 unspecified atom stereocenters. The number of esters is 1. The summed E-state index contributed by atoms with van der Waals surface area (Å²) in [5, 5.41) is 0. The molecule has 5 saturated carbocycles. The van der Waals surface area contributed by atoms with E-state index in [2.05, 4.69) is 60.3 Å². The Kier molecular flexibility index (Phi) is 7.18. The van der Waals surface area contributed by atoms with Crippen LogP contribution in [0.2, 0.25) is 0 Å². The molecule has 0 aliphatic heterocycles. The smallest absolute Gasteiger partial charge is 0.312 e. The third kappa shape index (κ3) is 3.99. The van der Waals surface area contributed by atoms with E-state index in [-0.39, 0.29) is 27.6 Å². The van der Waals surface area contributed by atoms with Crippen LogP contribution in [0.25, 0.3) is 6.08 Å². The molecule has 4 heteroatoms. The first-order valence-electron chi connectivity index (χ1n) is 16.8. The molecule has 0 saturated heterocycles. The fraction of sp³-hybridized carbons (Fsp3) is 0.692. The predicted molar refractivity (Wildman–Crippen MR) is 172 cm³/mol. The van der Waals surface area contributed by atoms with Crippen LogP contribution in [0.5, 0.6) is 5.75 Å². The van der Waals surface area contributed by atoms with Crippen molar-refractivity contribution in [3.63, 3.8) is 0 Å². The summed E-state index contributed by atoms with van der Waals surface area (Å²) in [5.41, 5.74) is 2.68. The zero-order valence-corrected chi connectivity index (χ0v) is 28.0. The standard InChI is InChI=1S/C39H54O4/c1-24(2)27-16-19-39(34(41)43-9)21-20-37(6)28(32(27)39)14-15-31-36(5)23-26(22-25-12-10-11-13-29(25)42-8)33(40)35(3,4)30(36)17-18-38(31,37)7/h10-13,22,27-28,30-32H,1,14-21,23H2,2-9H3. The van der Waals surface area contributed by atoms with Crippen molar-refractivity contribution in [2.75, 3.05) is 14.2 Å². The second-order valence-electron chi connectivity index (χ2n) is 16.5. The van der Waals surface area contributed by atoms with Crippen LogP contribution in [-0.2, 0) is 14.3 Å². The van der Waals surface area contributed by atoms with E-state index in [0.717, 1.165) is 74.7 Å². The Morgan fingerprint density at radius 1 is 0.907 bits per heavy atom. The van der Waals surface area contributed by atoms with Crippen LogP contribution in [0.15, 0.2) is 42.0 Å². The third-order valence-corrected chi connectivity index (χ3v) is 14.7. The van der Waals surface area contributed by atoms with Crippen molar-refractivity contribution in [3.05, 3.63) is 47.6 Å². The zero-order valence-electron chi connectivity index (χ0n) is 28.0. The maximum Gasteiger partial charge on any atom is 0.312 e. The highest BCUT2D eigenvalue weighted by atomic mass is 16.5. The minimum absolute atomic E-state index is 0.0184. The van der Waals surface area contributed by atoms with Gasteiger partial charge in [0.15, 0.2) is 5.78 Å². The molecule has 234 valence electrons. The molecule has 43 heavy (non-hydrogen) atoms. The summed E-state index contributed by atoms with van der Waals surface area (Å²) < 4.78 is 11.2. The number of carbonyl (C=O) groups is 2. The highest BCUT2D eigenvalue weighted by molar-refractivity contribution is 6.04. The van der Waals surface area contributed by atoms with Crippen LogP contribution in [-0.4, -0.2) is 26.0 Å². The van der Waals surface area contributed by atoms with Crippen LogP contribution in [0, 0.1) is 56.7 Å². The Bertz CT molecular complexity index is 1370. The number of ether oxygens (including phenoxy) is 2. The molecular formula is C39H54O4. The molecule has 5 aliphatic rings. The summed E-state index contributed by atoms with van der Waals surface area (Å²) in [6.45, 7) is 18.8. The van der Waals surface area contributed by atoms with Crippen molar-refractivity contribution in [1.82, 2.24) is 0 Å². The van der Waals surface area contributed by atoms with Gasteiger partial charge >= 0.3 is 5.97 Å². The van der Waals surface area contributed by atoms with Gasteiger partial charge in [-0.05, 0) is 128 Å². The summed E-state index contributed by atoms with van der Waals surface area (Å²) in [5.74, 6) is 3.19. The van der Waals surface area contributed by atoms with Crippen LogP contribution in [0.4, 0.5) is 0 Å². The minimum Gasteiger partial charge on any atom is -0.496 e. The van der Waals surface area contributed by atoms with E-state index in [4.69, 9.17) is 9.47 Å². The normalized spacial score (nSPS) is 44.0. The molecule has 0 radical (unpaired) electrons. The van der Waals surface area contributed by atoms with Gasteiger partial charge < -0.3 is 9.47 Å². The van der Waals surface area contributed by atoms with Gasteiger partial charge in [0.2, 0.25) is 0 Å². The molecule has 1 aromatic rings. The number of para-hydroxylation sites is 1. The number of ketones is 1. The topological polar surface area (TPSA) is 52.6 Å². The monoisotopic (exact) mass is 586 g/mol. The predicted octanol–water partition coefficient (Wildman–Crippen LogP) is 9.09. The summed E-state index contributed by atoms with van der Waals surface area (Å²) in [4.78, 5) is 27.7. The number of benzene rings is 1. The van der Waals surface area contributed by atoms with Gasteiger partial charge in [0.05, 0.1) is 19.6 Å². The van der Waals surface area contributed by atoms with Crippen molar-refractivity contribution in [2.24, 2.45) is 56.7 Å². The highest BCUT2D eigenvalue weighted by Crippen LogP contribution is 2.77. The van der Waals surface area contributed by atoms with E-state index in [1.54, 1.807) is 14.2 Å². The van der Waals surface area contributed by atoms with Crippen molar-refractivity contribution in [1.29, 1.82) is 0 Å². The van der Waals surface area contributed by atoms with Gasteiger partial charge in [0.25, 0.3) is 0 Å². The summed E-state index contributed by atoms with van der Waals surface area (Å²) >= 11 is 0. The molecule has 0 aromatic heterocycles. The second kappa shape index (κ2) is 10.1. The summed E-state index contributed by atoms with van der Waals surface area (Å²) in [6, 6.07) is 8.05. The Hall–Kier alpha value is -2.36. The van der Waals surface area contributed by atoms with Gasteiger partial charge in [0, 0.05) is 11.0 Å². The molecule has 0 amide bonds. The van der Waals surface area contributed by atoms with E-state index in [0.29, 0.717) is 35.4 Å². The number of hydrogen-bond acceptors (Lipinski definition) is 4. The lowest BCUT2D eigenvalue weighted by Crippen LogP contribution is -2.67. The van der Waals surface area contributed by atoms with Gasteiger partial charge in [-0.15, -0.1) is 0 Å². The Morgan fingerprint density at radius 3 is 2.30 bits per heavy atom. The van der Waals surface area contributed by atoms with E-state index in [1.165, 1.54) is 5.57 Å². The first-order valence-corrected chi connectivity index (χ1v) is 16.8. The molecule has 9 atom stereocenters. The SMILES string of the molecule is C=C(C)C1CCC2(C(=O)OC)CCC3(C)C(CCC4C5(C)CC(=Cc6ccccc6OC)C(=O)C(C)(C)C5CCC43C)C12. The minimum atomic E-state index is -0.414. The Balaban J connectivity index is 1.42. The maximum atomic E-state index is 14.2. The maximum absolute atomic E-state index is 14.2. The van der Waals surface area contributed by atoms with Gasteiger partial charge in [0.1, 0.15) is 5.75 Å². The largest absolute Gasteiger partial charge is 0.496 e. The average Bonchev–Trinajstić information content (AvgIpc) is 3.37. The zero-order chi connectivity index (χ0) is 31.2. The van der Waals surface area contributed by atoms with E-state index in [9.17, 15) is 9.59 Å². The van der Waals surface area contributed by atoms with Gasteiger partial charge in [-0.1, -0.05) is 65.0 Å². The first kappa shape index (κ1) is 30.7. The van der Waals surface area contributed by atoms with Crippen LogP contribution < -0.4 is 4.74 Å². The van der Waals surface area contributed by atoms with Crippen LogP contribution in [0.1, 0.15) is 105 Å². The lowest BCUT2D eigenvalue weighted by atomic mass is 9.32. The molecule has 5 aliphatic carbocycles. The van der Waals surface area contributed by atoms with E-state index >= 15 is 0 Å². The number of allylic oxidation sites excluding steroid dienone is 2. The third-order valence-electron chi connectivity index (χ3n) is 14.7. The molecular weight excluding hydrogens is 532 g/mol. The molecule has 0 spiro atoms. The number of carbonyl (C=O) groups excluding carboxylic acids is 2. The summed E-state index contributed by atoms with van der Waals surface area (Å²) in [6.07, 6.45) is 11.5. The molecule has 5 fully saturated rings. The fourth-order valence-electron chi connectivity index (χ4n) is 12.7. The second-order valence-corrected chi connectivity index (χ2v) is 16.5. The number of hydrogen-bond donors (Lipinski definition) is 0. The lowest BCUT2D eigenvalue weighted by Gasteiger charge is -2.72. The number of fused-ring (bicyclic) bond motifs is 7. The van der Waals surface area contributed by atoms with Gasteiger partial charge in [-0.25, -0.2) is 0 Å². The number of methoxy groups -OCH3 is 2. The fourth-order valence-corrected chi connectivity index (χ4v) is 12.7. The number of Topliss-reactive ketones (excluding diaryl/α,β-unsaturated/α-hetero) is 1. The van der Waals surface area contributed by atoms with E-state index < -0.39 is 5.41 Å². The molecule has 1 aromatic carbocycles. The molecule has 0 N–H and O–H groups in total.